The fraction of sp³-hybridized carbons (Fsp3) is 0.571. The summed E-state index contributed by atoms with van der Waals surface area (Å²) in [7, 11) is 0. The van der Waals surface area contributed by atoms with Crippen molar-refractivity contribution in [2.24, 2.45) is 5.92 Å². The van der Waals surface area contributed by atoms with Gasteiger partial charge in [0.2, 0.25) is 0 Å². The number of aryl methyl sites for hydroxylation is 1. The second kappa shape index (κ2) is 4.08. The molecule has 1 aromatic carbocycles. The summed E-state index contributed by atoms with van der Waals surface area (Å²) >= 11 is 0. The fourth-order valence-corrected chi connectivity index (χ4v) is 2.41. The van der Waals surface area contributed by atoms with Crippen molar-refractivity contribution in [3.8, 4) is 5.75 Å². The summed E-state index contributed by atoms with van der Waals surface area (Å²) in [6.07, 6.45) is 6.94. The molecule has 1 aromatic rings. The third-order valence-corrected chi connectivity index (χ3v) is 3.59. The molecule has 2 aliphatic rings. The first-order valence-corrected chi connectivity index (χ1v) is 6.27. The van der Waals surface area contributed by atoms with Gasteiger partial charge in [-0.05, 0) is 56.1 Å². The Labute approximate surface area is 95.6 Å². The lowest BCUT2D eigenvalue weighted by molar-refractivity contribution is 0.280. The Morgan fingerprint density at radius 1 is 1.19 bits per heavy atom. The van der Waals surface area contributed by atoms with Gasteiger partial charge in [0.15, 0.2) is 11.6 Å². The molecule has 0 unspecified atom stereocenters. The molecule has 0 bridgehead atoms. The average molecular weight is 220 g/mol. The molecule has 0 atom stereocenters. The fourth-order valence-electron chi connectivity index (χ4n) is 2.41. The largest absolute Gasteiger partial charge is 0.490 e. The molecule has 0 heterocycles. The molecule has 1 nitrogen and oxygen atoms in total. The van der Waals surface area contributed by atoms with Crippen LogP contribution in [0.25, 0.3) is 0 Å². The monoisotopic (exact) mass is 220 g/mol. The van der Waals surface area contributed by atoms with Gasteiger partial charge in [-0.15, -0.1) is 0 Å². The molecular weight excluding hydrogens is 203 g/mol. The molecule has 0 saturated heterocycles. The van der Waals surface area contributed by atoms with Crippen LogP contribution in [0.15, 0.2) is 12.1 Å². The first-order valence-electron chi connectivity index (χ1n) is 6.27. The van der Waals surface area contributed by atoms with Crippen LogP contribution in [0.4, 0.5) is 4.39 Å². The third kappa shape index (κ3) is 1.93. The number of halogens is 1. The van der Waals surface area contributed by atoms with Crippen LogP contribution in [0.1, 0.15) is 36.8 Å². The molecule has 0 aromatic heterocycles. The zero-order chi connectivity index (χ0) is 11.0. The molecule has 2 heteroatoms. The van der Waals surface area contributed by atoms with Crippen LogP contribution in [0.5, 0.6) is 5.75 Å². The Hall–Kier alpha value is -1.05. The number of rotatable bonds is 3. The molecule has 0 amide bonds. The standard InChI is InChI=1S/C14H17FO/c15-13-8-7-11-3-1-2-4-12(11)14(13)16-9-10-5-6-10/h7-8,10H,1-6,9H2. The summed E-state index contributed by atoms with van der Waals surface area (Å²) in [5.74, 6) is 1.05. The number of ether oxygens (including phenoxy) is 1. The quantitative estimate of drug-likeness (QED) is 0.757. The van der Waals surface area contributed by atoms with Gasteiger partial charge in [-0.1, -0.05) is 6.07 Å². The number of benzene rings is 1. The minimum absolute atomic E-state index is 0.179. The van der Waals surface area contributed by atoms with Crippen molar-refractivity contribution < 1.29 is 9.13 Å². The maximum Gasteiger partial charge on any atom is 0.165 e. The topological polar surface area (TPSA) is 9.23 Å². The van der Waals surface area contributed by atoms with Gasteiger partial charge in [0.25, 0.3) is 0 Å². The number of hydrogen-bond donors (Lipinski definition) is 0. The highest BCUT2D eigenvalue weighted by molar-refractivity contribution is 5.42. The van der Waals surface area contributed by atoms with Crippen molar-refractivity contribution in [2.45, 2.75) is 38.5 Å². The Bertz CT molecular complexity index is 396. The van der Waals surface area contributed by atoms with Crippen LogP contribution in [0, 0.1) is 11.7 Å². The molecule has 0 spiro atoms. The summed E-state index contributed by atoms with van der Waals surface area (Å²) in [5, 5.41) is 0. The molecular formula is C14H17FO. The van der Waals surface area contributed by atoms with E-state index in [1.165, 1.54) is 24.8 Å². The lowest BCUT2D eigenvalue weighted by atomic mass is 9.91. The van der Waals surface area contributed by atoms with E-state index in [1.54, 1.807) is 6.07 Å². The van der Waals surface area contributed by atoms with E-state index in [9.17, 15) is 4.39 Å². The van der Waals surface area contributed by atoms with Crippen LogP contribution >= 0.6 is 0 Å². The van der Waals surface area contributed by atoms with Gasteiger partial charge < -0.3 is 4.74 Å². The molecule has 86 valence electrons. The molecule has 0 radical (unpaired) electrons. The first kappa shape index (κ1) is 10.1. The molecule has 0 N–H and O–H groups in total. The van der Waals surface area contributed by atoms with Gasteiger partial charge in [0, 0.05) is 5.56 Å². The minimum Gasteiger partial charge on any atom is -0.490 e. The van der Waals surface area contributed by atoms with Crippen molar-refractivity contribution in [2.75, 3.05) is 6.61 Å². The van der Waals surface area contributed by atoms with Crippen molar-refractivity contribution in [3.05, 3.63) is 29.1 Å². The predicted molar refractivity (Wildman–Crippen MR) is 61.3 cm³/mol. The Morgan fingerprint density at radius 3 is 2.81 bits per heavy atom. The van der Waals surface area contributed by atoms with Crippen LogP contribution in [0.3, 0.4) is 0 Å². The summed E-state index contributed by atoms with van der Waals surface area (Å²) in [4.78, 5) is 0. The Morgan fingerprint density at radius 2 is 2.00 bits per heavy atom. The van der Waals surface area contributed by atoms with Gasteiger partial charge in [0.1, 0.15) is 0 Å². The van der Waals surface area contributed by atoms with Gasteiger partial charge in [-0.3, -0.25) is 0 Å². The summed E-state index contributed by atoms with van der Waals surface area (Å²) < 4.78 is 19.4. The zero-order valence-electron chi connectivity index (χ0n) is 9.47. The smallest absolute Gasteiger partial charge is 0.165 e. The lowest BCUT2D eigenvalue weighted by Crippen LogP contribution is -2.09. The molecule has 0 aliphatic heterocycles. The Kier molecular flexibility index (Phi) is 2.58. The molecule has 3 rings (SSSR count). The molecule has 1 fully saturated rings. The van der Waals surface area contributed by atoms with Crippen LogP contribution < -0.4 is 4.74 Å². The van der Waals surface area contributed by atoms with E-state index >= 15 is 0 Å². The summed E-state index contributed by atoms with van der Waals surface area (Å²) in [6, 6.07) is 3.49. The van der Waals surface area contributed by atoms with Crippen molar-refractivity contribution >= 4 is 0 Å². The molecule has 16 heavy (non-hydrogen) atoms. The SMILES string of the molecule is Fc1ccc2c(c1OCC1CC1)CCCC2. The van der Waals surface area contributed by atoms with Gasteiger partial charge >= 0.3 is 0 Å². The highest BCUT2D eigenvalue weighted by atomic mass is 19.1. The summed E-state index contributed by atoms with van der Waals surface area (Å²) in [5.41, 5.74) is 2.42. The first-order chi connectivity index (χ1) is 7.84. The van der Waals surface area contributed by atoms with E-state index in [4.69, 9.17) is 4.74 Å². The number of hydrogen-bond acceptors (Lipinski definition) is 1. The highest BCUT2D eigenvalue weighted by Gasteiger charge is 2.24. The normalized spacial score (nSPS) is 19.3. The van der Waals surface area contributed by atoms with Gasteiger partial charge in [0.05, 0.1) is 6.61 Å². The summed E-state index contributed by atoms with van der Waals surface area (Å²) in [6.45, 7) is 0.702. The van der Waals surface area contributed by atoms with Gasteiger partial charge in [-0.2, -0.15) is 0 Å². The van der Waals surface area contributed by atoms with Crippen molar-refractivity contribution in [3.63, 3.8) is 0 Å². The van der Waals surface area contributed by atoms with E-state index in [0.29, 0.717) is 18.3 Å². The predicted octanol–water partition coefficient (Wildman–Crippen LogP) is 3.49. The minimum atomic E-state index is -0.179. The van der Waals surface area contributed by atoms with E-state index in [1.807, 2.05) is 6.07 Å². The highest BCUT2D eigenvalue weighted by Crippen LogP contribution is 2.35. The second-order valence-corrected chi connectivity index (χ2v) is 4.98. The van der Waals surface area contributed by atoms with E-state index in [-0.39, 0.29) is 5.82 Å². The van der Waals surface area contributed by atoms with Crippen LogP contribution in [-0.2, 0) is 12.8 Å². The maximum absolute atomic E-state index is 13.7. The molecule has 1 saturated carbocycles. The van der Waals surface area contributed by atoms with E-state index in [0.717, 1.165) is 24.8 Å². The van der Waals surface area contributed by atoms with E-state index < -0.39 is 0 Å². The van der Waals surface area contributed by atoms with E-state index in [2.05, 4.69) is 0 Å². The average Bonchev–Trinajstić information content (AvgIpc) is 3.12. The molecule has 2 aliphatic carbocycles. The van der Waals surface area contributed by atoms with Crippen molar-refractivity contribution in [1.82, 2.24) is 0 Å². The second-order valence-electron chi connectivity index (χ2n) is 4.98. The Balaban J connectivity index is 1.87. The third-order valence-electron chi connectivity index (χ3n) is 3.59. The van der Waals surface area contributed by atoms with Gasteiger partial charge in [-0.25, -0.2) is 4.39 Å². The van der Waals surface area contributed by atoms with Crippen LogP contribution in [0.2, 0.25) is 0 Å². The number of fused-ring (bicyclic) bond motifs is 1. The van der Waals surface area contributed by atoms with Crippen LogP contribution in [-0.4, -0.2) is 6.61 Å². The maximum atomic E-state index is 13.7. The lowest BCUT2D eigenvalue weighted by Gasteiger charge is -2.20. The van der Waals surface area contributed by atoms with Crippen molar-refractivity contribution in [1.29, 1.82) is 0 Å². The zero-order valence-corrected chi connectivity index (χ0v) is 9.47.